The number of aryl methyl sites for hydroxylation is 1. The Hall–Kier alpha value is -1.83. The first-order valence-electron chi connectivity index (χ1n) is 9.10. The number of hydrogen-bond donors (Lipinski definition) is 0. The van der Waals surface area contributed by atoms with Gasteiger partial charge >= 0.3 is 0 Å². The van der Waals surface area contributed by atoms with Gasteiger partial charge in [0.15, 0.2) is 5.76 Å². The van der Waals surface area contributed by atoms with E-state index in [-0.39, 0.29) is 10.8 Å². The Bertz CT molecular complexity index is 736. The van der Waals surface area contributed by atoms with Gasteiger partial charge in [0, 0.05) is 6.07 Å². The van der Waals surface area contributed by atoms with E-state index in [1.165, 1.54) is 29.5 Å². The summed E-state index contributed by atoms with van der Waals surface area (Å²) in [7, 11) is 0. The molecule has 1 heterocycles. The van der Waals surface area contributed by atoms with Crippen LogP contribution in [0.4, 0.5) is 0 Å². The molecule has 2 heteroatoms. The van der Waals surface area contributed by atoms with Crippen LogP contribution in [0.15, 0.2) is 28.9 Å². The quantitative estimate of drug-likeness (QED) is 0.674. The van der Waals surface area contributed by atoms with Crippen LogP contribution < -0.4 is 0 Å². The van der Waals surface area contributed by atoms with Crippen molar-refractivity contribution in [2.75, 3.05) is 0 Å². The SMILES string of the molecule is CCCc1cc2c(cc1C=Cc1ccno1)C(C)(C)CCC2(C)C. The van der Waals surface area contributed by atoms with Gasteiger partial charge in [0.25, 0.3) is 0 Å². The smallest absolute Gasteiger partial charge is 0.159 e. The maximum absolute atomic E-state index is 5.20. The molecule has 0 fully saturated rings. The normalized spacial score (nSPS) is 18.7. The zero-order valence-corrected chi connectivity index (χ0v) is 15.6. The van der Waals surface area contributed by atoms with Crippen molar-refractivity contribution in [2.24, 2.45) is 0 Å². The van der Waals surface area contributed by atoms with Gasteiger partial charge in [0.05, 0.1) is 6.20 Å². The van der Waals surface area contributed by atoms with E-state index in [1.807, 2.05) is 12.1 Å². The van der Waals surface area contributed by atoms with Crippen LogP contribution >= 0.6 is 0 Å². The second kappa shape index (κ2) is 6.23. The fourth-order valence-corrected chi connectivity index (χ4v) is 3.80. The van der Waals surface area contributed by atoms with Crippen LogP contribution in [0.25, 0.3) is 12.2 Å². The molecule has 0 saturated carbocycles. The fourth-order valence-electron chi connectivity index (χ4n) is 3.80. The van der Waals surface area contributed by atoms with Crippen molar-refractivity contribution < 1.29 is 4.52 Å². The summed E-state index contributed by atoms with van der Waals surface area (Å²) in [5.41, 5.74) is 6.32. The highest BCUT2D eigenvalue weighted by Crippen LogP contribution is 2.46. The summed E-state index contributed by atoms with van der Waals surface area (Å²) < 4.78 is 5.20. The molecule has 3 rings (SSSR count). The van der Waals surface area contributed by atoms with Gasteiger partial charge in [-0.05, 0) is 58.4 Å². The Morgan fingerprint density at radius 3 is 2.29 bits per heavy atom. The van der Waals surface area contributed by atoms with Gasteiger partial charge < -0.3 is 4.52 Å². The van der Waals surface area contributed by atoms with E-state index < -0.39 is 0 Å². The highest BCUT2D eigenvalue weighted by atomic mass is 16.5. The van der Waals surface area contributed by atoms with E-state index in [1.54, 1.807) is 11.8 Å². The van der Waals surface area contributed by atoms with Gasteiger partial charge in [-0.3, -0.25) is 0 Å². The average molecular weight is 323 g/mol. The molecule has 1 aromatic heterocycles. The molecule has 0 spiro atoms. The van der Waals surface area contributed by atoms with E-state index in [9.17, 15) is 0 Å². The molecule has 128 valence electrons. The van der Waals surface area contributed by atoms with Crippen LogP contribution in [0.5, 0.6) is 0 Å². The minimum atomic E-state index is 0.241. The molecule has 24 heavy (non-hydrogen) atoms. The van der Waals surface area contributed by atoms with Gasteiger partial charge in [0.2, 0.25) is 0 Å². The lowest BCUT2D eigenvalue weighted by atomic mass is 9.62. The lowest BCUT2D eigenvalue weighted by Gasteiger charge is -2.42. The second-order valence-corrected chi connectivity index (χ2v) is 8.36. The van der Waals surface area contributed by atoms with Crippen LogP contribution in [0.3, 0.4) is 0 Å². The van der Waals surface area contributed by atoms with Gasteiger partial charge in [-0.1, -0.05) is 64.4 Å². The molecule has 1 aromatic carbocycles. The summed E-state index contributed by atoms with van der Waals surface area (Å²) in [6, 6.07) is 6.79. The third-order valence-electron chi connectivity index (χ3n) is 5.52. The van der Waals surface area contributed by atoms with Crippen molar-refractivity contribution >= 4 is 12.2 Å². The summed E-state index contributed by atoms with van der Waals surface area (Å²) >= 11 is 0. The van der Waals surface area contributed by atoms with Crippen molar-refractivity contribution in [2.45, 2.75) is 71.1 Å². The topological polar surface area (TPSA) is 26.0 Å². The van der Waals surface area contributed by atoms with Crippen molar-refractivity contribution in [3.63, 3.8) is 0 Å². The van der Waals surface area contributed by atoms with Gasteiger partial charge in [-0.25, -0.2) is 0 Å². The molecule has 0 aliphatic heterocycles. The number of nitrogens with zero attached hydrogens (tertiary/aromatic N) is 1. The maximum atomic E-state index is 5.20. The van der Waals surface area contributed by atoms with Crippen LogP contribution in [-0.2, 0) is 17.3 Å². The second-order valence-electron chi connectivity index (χ2n) is 8.36. The highest BCUT2D eigenvalue weighted by Gasteiger charge is 2.37. The van der Waals surface area contributed by atoms with Crippen molar-refractivity contribution in [3.05, 3.63) is 52.4 Å². The Morgan fingerprint density at radius 1 is 1.04 bits per heavy atom. The number of fused-ring (bicyclic) bond motifs is 1. The molecule has 0 bridgehead atoms. The molecule has 1 aliphatic carbocycles. The van der Waals surface area contributed by atoms with E-state index in [0.29, 0.717) is 0 Å². The molecule has 0 N–H and O–H groups in total. The zero-order chi connectivity index (χ0) is 17.4. The molecule has 1 aliphatic rings. The molecule has 0 amide bonds. The van der Waals surface area contributed by atoms with Crippen LogP contribution in [0, 0.1) is 0 Å². The van der Waals surface area contributed by atoms with Crippen molar-refractivity contribution in [1.29, 1.82) is 0 Å². The molecule has 0 radical (unpaired) electrons. The molecule has 0 saturated heterocycles. The van der Waals surface area contributed by atoms with Crippen LogP contribution in [-0.4, -0.2) is 5.16 Å². The zero-order valence-electron chi connectivity index (χ0n) is 15.6. The number of aromatic nitrogens is 1. The predicted octanol–water partition coefficient (Wildman–Crippen LogP) is 6.15. The Balaban J connectivity index is 2.11. The van der Waals surface area contributed by atoms with Gasteiger partial charge in [0.1, 0.15) is 0 Å². The Labute approximate surface area is 146 Å². The number of rotatable bonds is 4. The summed E-state index contributed by atoms with van der Waals surface area (Å²) in [4.78, 5) is 0. The summed E-state index contributed by atoms with van der Waals surface area (Å²) in [6.07, 6.45) is 10.7. The Morgan fingerprint density at radius 2 is 1.71 bits per heavy atom. The standard InChI is InChI=1S/C22H29NO/c1-6-7-16-14-19-20(22(4,5)12-11-21(19,2)3)15-17(16)8-9-18-10-13-23-24-18/h8-10,13-15H,6-7,11-12H2,1-5H3. The summed E-state index contributed by atoms with van der Waals surface area (Å²) in [5, 5.41) is 3.78. The molecular weight excluding hydrogens is 294 g/mol. The van der Waals surface area contributed by atoms with E-state index in [4.69, 9.17) is 4.52 Å². The summed E-state index contributed by atoms with van der Waals surface area (Å²) in [5.74, 6) is 0.801. The maximum Gasteiger partial charge on any atom is 0.159 e. The number of hydrogen-bond acceptors (Lipinski definition) is 2. The Kier molecular flexibility index (Phi) is 4.42. The largest absolute Gasteiger partial charge is 0.357 e. The third kappa shape index (κ3) is 3.19. The first kappa shape index (κ1) is 17.0. The third-order valence-corrected chi connectivity index (χ3v) is 5.52. The van der Waals surface area contributed by atoms with E-state index >= 15 is 0 Å². The lowest BCUT2D eigenvalue weighted by Crippen LogP contribution is -2.34. The van der Waals surface area contributed by atoms with E-state index in [2.05, 4.69) is 58.0 Å². The summed E-state index contributed by atoms with van der Waals surface area (Å²) in [6.45, 7) is 11.8. The monoisotopic (exact) mass is 323 g/mol. The minimum Gasteiger partial charge on any atom is -0.357 e. The van der Waals surface area contributed by atoms with Crippen molar-refractivity contribution in [1.82, 2.24) is 5.16 Å². The van der Waals surface area contributed by atoms with Crippen LogP contribution in [0.1, 0.15) is 81.9 Å². The minimum absolute atomic E-state index is 0.241. The van der Waals surface area contributed by atoms with Crippen molar-refractivity contribution in [3.8, 4) is 0 Å². The van der Waals surface area contributed by atoms with E-state index in [0.717, 1.165) is 18.6 Å². The lowest BCUT2D eigenvalue weighted by molar-refractivity contribution is 0.331. The highest BCUT2D eigenvalue weighted by molar-refractivity contribution is 5.70. The average Bonchev–Trinajstić information content (AvgIpc) is 3.04. The van der Waals surface area contributed by atoms with Gasteiger partial charge in [-0.2, -0.15) is 0 Å². The first-order valence-corrected chi connectivity index (χ1v) is 9.10. The fraction of sp³-hybridized carbons (Fsp3) is 0.500. The predicted molar refractivity (Wildman–Crippen MR) is 101 cm³/mol. The molecule has 0 atom stereocenters. The molecule has 2 aromatic rings. The van der Waals surface area contributed by atoms with Gasteiger partial charge in [-0.15, -0.1) is 0 Å². The molecule has 0 unspecified atom stereocenters. The van der Waals surface area contributed by atoms with Crippen LogP contribution in [0.2, 0.25) is 0 Å². The first-order chi connectivity index (χ1) is 11.3. The number of benzene rings is 1. The molecular formula is C22H29NO. The molecule has 2 nitrogen and oxygen atoms in total.